The summed E-state index contributed by atoms with van der Waals surface area (Å²) in [6.07, 6.45) is 3.37. The fourth-order valence-corrected chi connectivity index (χ4v) is 5.80. The van der Waals surface area contributed by atoms with Crippen molar-refractivity contribution in [1.29, 1.82) is 0 Å². The maximum Gasteiger partial charge on any atom is 0.331 e. The summed E-state index contributed by atoms with van der Waals surface area (Å²) in [5.41, 5.74) is 6.95. The quantitative estimate of drug-likeness (QED) is 0.461. The topological polar surface area (TPSA) is 123 Å². The van der Waals surface area contributed by atoms with Gasteiger partial charge in [-0.25, -0.2) is 9.59 Å². The average molecular weight is 585 g/mol. The first kappa shape index (κ1) is 27.9. The van der Waals surface area contributed by atoms with Crippen molar-refractivity contribution in [2.24, 2.45) is 5.73 Å². The Morgan fingerprint density at radius 3 is 2.48 bits per heavy atom. The molecule has 1 aromatic heterocycles. The Morgan fingerprint density at radius 1 is 0.975 bits per heavy atom. The van der Waals surface area contributed by atoms with Gasteiger partial charge in [-0.3, -0.25) is 18.7 Å². The van der Waals surface area contributed by atoms with E-state index in [1.165, 1.54) is 10.8 Å². The van der Waals surface area contributed by atoms with Gasteiger partial charge in [0.2, 0.25) is 5.91 Å². The number of para-hydroxylation sites is 1. The molecule has 1 saturated heterocycles. The SMILES string of the molecule is NCCn1c(=O)c(-c2cccc(Cl)c2Cl)cn(CC(=O)N2CCC(N3CCc4ccccc4NC3=O)CC2)c1=O. The van der Waals surface area contributed by atoms with E-state index in [2.05, 4.69) is 5.32 Å². The highest BCUT2D eigenvalue weighted by Gasteiger charge is 2.31. The number of likely N-dealkylation sites (tertiary alicyclic amines) is 1. The minimum Gasteiger partial charge on any atom is -0.341 e. The number of benzene rings is 2. The number of rotatable bonds is 6. The Hall–Kier alpha value is -3.60. The molecule has 3 heterocycles. The van der Waals surface area contributed by atoms with Crippen molar-refractivity contribution in [3.05, 3.63) is 85.1 Å². The molecule has 12 heteroatoms. The highest BCUT2D eigenvalue weighted by atomic mass is 35.5. The number of nitrogens with one attached hydrogen (secondary N) is 1. The van der Waals surface area contributed by atoms with E-state index in [0.29, 0.717) is 38.0 Å². The molecule has 0 radical (unpaired) electrons. The van der Waals surface area contributed by atoms with E-state index in [-0.39, 0.29) is 53.2 Å². The lowest BCUT2D eigenvalue weighted by Gasteiger charge is -2.38. The average Bonchev–Trinajstić information content (AvgIpc) is 3.12. The van der Waals surface area contributed by atoms with E-state index >= 15 is 0 Å². The van der Waals surface area contributed by atoms with Gasteiger partial charge in [0.15, 0.2) is 0 Å². The molecular weight excluding hydrogens is 555 g/mol. The van der Waals surface area contributed by atoms with Gasteiger partial charge in [0.25, 0.3) is 5.56 Å². The van der Waals surface area contributed by atoms with E-state index in [0.717, 1.165) is 22.2 Å². The molecule has 5 rings (SSSR count). The van der Waals surface area contributed by atoms with Crippen LogP contribution in [0.15, 0.2) is 58.3 Å². The molecule has 3 aromatic rings. The van der Waals surface area contributed by atoms with Crippen LogP contribution in [0, 0.1) is 0 Å². The number of urea groups is 1. The largest absolute Gasteiger partial charge is 0.341 e. The zero-order valence-electron chi connectivity index (χ0n) is 21.8. The summed E-state index contributed by atoms with van der Waals surface area (Å²) in [7, 11) is 0. The number of hydrogen-bond acceptors (Lipinski definition) is 5. The van der Waals surface area contributed by atoms with E-state index in [1.54, 1.807) is 23.1 Å². The number of amides is 3. The van der Waals surface area contributed by atoms with Gasteiger partial charge in [-0.15, -0.1) is 0 Å². The first-order valence-electron chi connectivity index (χ1n) is 13.2. The van der Waals surface area contributed by atoms with E-state index in [9.17, 15) is 19.2 Å². The second kappa shape index (κ2) is 11.9. The molecule has 1 fully saturated rings. The third-order valence-electron chi connectivity index (χ3n) is 7.54. The smallest absolute Gasteiger partial charge is 0.331 e. The third-order valence-corrected chi connectivity index (χ3v) is 8.36. The first-order chi connectivity index (χ1) is 19.3. The van der Waals surface area contributed by atoms with Crippen LogP contribution in [0.4, 0.5) is 10.5 Å². The number of halogens is 2. The second-order valence-corrected chi connectivity index (χ2v) is 10.7. The maximum atomic E-state index is 13.3. The van der Waals surface area contributed by atoms with Crippen molar-refractivity contribution in [2.45, 2.75) is 38.4 Å². The number of nitrogens with zero attached hydrogens (tertiary/aromatic N) is 4. The molecule has 0 saturated carbocycles. The zero-order chi connectivity index (χ0) is 28.4. The van der Waals surface area contributed by atoms with Crippen LogP contribution in [0.3, 0.4) is 0 Å². The van der Waals surface area contributed by atoms with Gasteiger partial charge in [0.05, 0.1) is 15.6 Å². The Labute approximate surface area is 240 Å². The third kappa shape index (κ3) is 5.52. The lowest BCUT2D eigenvalue weighted by atomic mass is 10.0. The maximum absolute atomic E-state index is 13.3. The number of anilines is 1. The molecule has 2 aliphatic heterocycles. The predicted molar refractivity (Wildman–Crippen MR) is 155 cm³/mol. The Kier molecular flexibility index (Phi) is 8.30. The van der Waals surface area contributed by atoms with Gasteiger partial charge in [-0.2, -0.15) is 0 Å². The molecule has 210 valence electrons. The summed E-state index contributed by atoms with van der Waals surface area (Å²) in [4.78, 5) is 56.1. The zero-order valence-corrected chi connectivity index (χ0v) is 23.3. The van der Waals surface area contributed by atoms with Gasteiger partial charge >= 0.3 is 11.7 Å². The van der Waals surface area contributed by atoms with E-state index < -0.39 is 11.2 Å². The standard InChI is InChI=1S/C28H30Cl2N6O4/c29-22-6-3-5-20(25(22)30)21-16-34(28(40)36(15-11-31)26(21)38)17-24(37)33-12-9-19(10-13-33)35-14-8-18-4-1-2-7-23(18)32-27(35)39/h1-7,16,19H,8-15,17,31H2,(H,32,39). The molecule has 3 N–H and O–H groups in total. The normalized spacial score (nSPS) is 15.9. The highest BCUT2D eigenvalue weighted by Crippen LogP contribution is 2.31. The molecule has 2 aliphatic rings. The van der Waals surface area contributed by atoms with Gasteiger partial charge < -0.3 is 20.9 Å². The fourth-order valence-electron chi connectivity index (χ4n) is 5.40. The van der Waals surface area contributed by atoms with Crippen LogP contribution in [0.2, 0.25) is 10.0 Å². The number of fused-ring (bicyclic) bond motifs is 1. The Balaban J connectivity index is 1.31. The first-order valence-corrected chi connectivity index (χ1v) is 14.0. The van der Waals surface area contributed by atoms with Crippen LogP contribution in [-0.4, -0.2) is 63.1 Å². The van der Waals surface area contributed by atoms with Crippen LogP contribution in [0.5, 0.6) is 0 Å². The van der Waals surface area contributed by atoms with Crippen LogP contribution >= 0.6 is 23.2 Å². The number of nitrogens with two attached hydrogens (primary N) is 1. The van der Waals surface area contributed by atoms with Crippen molar-refractivity contribution >= 4 is 40.8 Å². The van der Waals surface area contributed by atoms with Crippen molar-refractivity contribution in [1.82, 2.24) is 18.9 Å². The number of hydrogen-bond donors (Lipinski definition) is 2. The van der Waals surface area contributed by atoms with Crippen molar-refractivity contribution in [3.63, 3.8) is 0 Å². The lowest BCUT2D eigenvalue weighted by molar-refractivity contribution is -0.133. The van der Waals surface area contributed by atoms with E-state index in [4.69, 9.17) is 28.9 Å². The summed E-state index contributed by atoms with van der Waals surface area (Å²) in [5.74, 6) is -0.255. The highest BCUT2D eigenvalue weighted by molar-refractivity contribution is 6.43. The van der Waals surface area contributed by atoms with Crippen molar-refractivity contribution < 1.29 is 9.59 Å². The molecule has 40 heavy (non-hydrogen) atoms. The lowest BCUT2D eigenvalue weighted by Crippen LogP contribution is -2.51. The van der Waals surface area contributed by atoms with Gasteiger partial charge in [0, 0.05) is 56.2 Å². The monoisotopic (exact) mass is 584 g/mol. The van der Waals surface area contributed by atoms with Crippen LogP contribution in [0.1, 0.15) is 18.4 Å². The summed E-state index contributed by atoms with van der Waals surface area (Å²) in [6, 6.07) is 12.6. The molecule has 10 nitrogen and oxygen atoms in total. The van der Waals surface area contributed by atoms with Gasteiger partial charge in [-0.1, -0.05) is 53.5 Å². The minimum absolute atomic E-state index is 0.00381. The molecule has 0 unspecified atom stereocenters. The number of aromatic nitrogens is 2. The second-order valence-electron chi connectivity index (χ2n) is 9.94. The summed E-state index contributed by atoms with van der Waals surface area (Å²) in [6.45, 7) is 1.31. The number of carbonyl (C=O) groups is 2. The van der Waals surface area contributed by atoms with Crippen LogP contribution in [0.25, 0.3) is 11.1 Å². The van der Waals surface area contributed by atoms with Crippen molar-refractivity contribution in [3.8, 4) is 11.1 Å². The molecule has 3 amide bonds. The molecular formula is C28H30Cl2N6O4. The van der Waals surface area contributed by atoms with Gasteiger partial charge in [-0.05, 0) is 37.0 Å². The minimum atomic E-state index is -0.624. The summed E-state index contributed by atoms with van der Waals surface area (Å²) < 4.78 is 2.24. The molecule has 0 atom stereocenters. The molecule has 0 spiro atoms. The molecule has 0 bridgehead atoms. The summed E-state index contributed by atoms with van der Waals surface area (Å²) >= 11 is 12.5. The fraction of sp³-hybridized carbons (Fsp3) is 0.357. The number of carbonyl (C=O) groups excluding carboxylic acids is 2. The van der Waals surface area contributed by atoms with Gasteiger partial charge in [0.1, 0.15) is 6.54 Å². The molecule has 2 aromatic carbocycles. The summed E-state index contributed by atoms with van der Waals surface area (Å²) in [5, 5.41) is 3.45. The molecule has 0 aliphatic carbocycles. The Bertz CT molecular complexity index is 1560. The predicted octanol–water partition coefficient (Wildman–Crippen LogP) is 3.02. The number of piperidine rings is 1. The van der Waals surface area contributed by atoms with E-state index in [1.807, 2.05) is 29.2 Å². The van der Waals surface area contributed by atoms with Crippen molar-refractivity contribution in [2.75, 3.05) is 31.5 Å². The Morgan fingerprint density at radius 2 is 1.73 bits per heavy atom. The van der Waals surface area contributed by atoms with Crippen LogP contribution in [-0.2, 0) is 24.3 Å². The van der Waals surface area contributed by atoms with Crippen LogP contribution < -0.4 is 22.3 Å².